The van der Waals surface area contributed by atoms with Gasteiger partial charge in [-0.2, -0.15) is 0 Å². The number of benzene rings is 1. The number of rotatable bonds is 4. The van der Waals surface area contributed by atoms with Crippen molar-refractivity contribution in [2.24, 2.45) is 0 Å². The number of quaternary nitrogens is 1. The van der Waals surface area contributed by atoms with Crippen LogP contribution >= 0.6 is 0 Å². The predicted molar refractivity (Wildman–Crippen MR) is 75.8 cm³/mol. The van der Waals surface area contributed by atoms with Gasteiger partial charge in [-0.1, -0.05) is 12.1 Å². The first-order chi connectivity index (χ1) is 9.06. The molecule has 1 aromatic heterocycles. The first kappa shape index (κ1) is 16.5. The topological polar surface area (TPSA) is 48.4 Å². The van der Waals surface area contributed by atoms with E-state index in [9.17, 15) is 9.59 Å². The van der Waals surface area contributed by atoms with Crippen LogP contribution < -0.4 is 28.6 Å². The molecule has 0 aliphatic heterocycles. The molecule has 0 saturated heterocycles. The van der Waals surface area contributed by atoms with Gasteiger partial charge in [0.05, 0.1) is 38.1 Å². The van der Waals surface area contributed by atoms with Crippen LogP contribution in [0.25, 0.3) is 10.9 Å². The van der Waals surface area contributed by atoms with Crippen LogP contribution in [0.1, 0.15) is 6.92 Å². The summed E-state index contributed by atoms with van der Waals surface area (Å²) in [5.41, 5.74) is 0.312. The number of nitrogens with one attached hydrogen (secondary N) is 1. The lowest BCUT2D eigenvalue weighted by Gasteiger charge is -2.14. The molecule has 20 heavy (non-hydrogen) atoms. The van der Waals surface area contributed by atoms with E-state index >= 15 is 0 Å². The SMILES string of the molecule is CCn1c(=O)c2ccccc2n(CC[NH+](C)C)c1=O.[Cl-]. The fraction of sp³-hybridized carbons (Fsp3) is 0.429. The number of para-hydroxylation sites is 1. The van der Waals surface area contributed by atoms with E-state index in [1.165, 1.54) is 9.47 Å². The number of halogens is 1. The van der Waals surface area contributed by atoms with E-state index in [0.717, 1.165) is 12.1 Å². The molecule has 1 N–H and O–H groups in total. The Bertz CT molecular complexity index is 704. The molecule has 110 valence electrons. The molecule has 0 aliphatic rings. The highest BCUT2D eigenvalue weighted by atomic mass is 35.5. The minimum absolute atomic E-state index is 0. The standard InChI is InChI=1S/C14H19N3O2.ClH/c1-4-16-13(18)11-7-5-6-8-12(11)17(14(16)19)10-9-15(2)3;/h5-8H,4,9-10H2,1-3H3;1H. The third-order valence-corrected chi connectivity index (χ3v) is 3.28. The zero-order valence-corrected chi connectivity index (χ0v) is 12.8. The van der Waals surface area contributed by atoms with Crippen molar-refractivity contribution >= 4 is 10.9 Å². The van der Waals surface area contributed by atoms with Gasteiger partial charge in [0.2, 0.25) is 0 Å². The maximum atomic E-state index is 12.4. The Kier molecular flexibility index (Phi) is 5.53. The van der Waals surface area contributed by atoms with Gasteiger partial charge in [-0.15, -0.1) is 0 Å². The van der Waals surface area contributed by atoms with Crippen LogP contribution in [0.3, 0.4) is 0 Å². The van der Waals surface area contributed by atoms with Crippen molar-refractivity contribution in [2.75, 3.05) is 20.6 Å². The summed E-state index contributed by atoms with van der Waals surface area (Å²) in [5.74, 6) is 0. The van der Waals surface area contributed by atoms with E-state index in [1.807, 2.05) is 39.2 Å². The average molecular weight is 298 g/mol. The van der Waals surface area contributed by atoms with Gasteiger partial charge >= 0.3 is 5.69 Å². The normalized spacial score (nSPS) is 10.8. The van der Waals surface area contributed by atoms with Crippen LogP contribution in [-0.4, -0.2) is 29.8 Å². The molecule has 2 rings (SSSR count). The van der Waals surface area contributed by atoms with Crippen molar-refractivity contribution in [2.45, 2.75) is 20.0 Å². The van der Waals surface area contributed by atoms with Gasteiger partial charge in [-0.25, -0.2) is 4.79 Å². The molecular formula is C14H20ClN3O2. The summed E-state index contributed by atoms with van der Waals surface area (Å²) in [4.78, 5) is 25.8. The highest BCUT2D eigenvalue weighted by Crippen LogP contribution is 2.06. The first-order valence-electron chi connectivity index (χ1n) is 6.57. The maximum absolute atomic E-state index is 12.4. The van der Waals surface area contributed by atoms with E-state index in [1.54, 1.807) is 10.6 Å². The molecule has 0 radical (unpaired) electrons. The third-order valence-electron chi connectivity index (χ3n) is 3.28. The summed E-state index contributed by atoms with van der Waals surface area (Å²) in [5, 5.41) is 0.609. The van der Waals surface area contributed by atoms with Gasteiger partial charge in [0.1, 0.15) is 0 Å². The lowest BCUT2D eigenvalue weighted by atomic mass is 10.2. The van der Waals surface area contributed by atoms with Gasteiger partial charge in [-0.05, 0) is 19.1 Å². The summed E-state index contributed by atoms with van der Waals surface area (Å²) in [6, 6.07) is 7.30. The minimum Gasteiger partial charge on any atom is -1.00 e. The summed E-state index contributed by atoms with van der Waals surface area (Å²) in [6.45, 7) is 3.67. The number of hydrogen-bond donors (Lipinski definition) is 1. The van der Waals surface area contributed by atoms with Gasteiger partial charge in [-0.3, -0.25) is 13.9 Å². The molecule has 2 aromatic rings. The zero-order valence-electron chi connectivity index (χ0n) is 12.0. The second-order valence-corrected chi connectivity index (χ2v) is 4.96. The minimum atomic E-state index is -0.215. The lowest BCUT2D eigenvalue weighted by molar-refractivity contribution is -0.858. The average Bonchev–Trinajstić information content (AvgIpc) is 2.39. The molecule has 1 heterocycles. The molecule has 0 fully saturated rings. The Morgan fingerprint density at radius 2 is 1.75 bits per heavy atom. The Hall–Kier alpha value is -1.59. The molecule has 0 saturated carbocycles. The lowest BCUT2D eigenvalue weighted by Crippen LogP contribution is -3.06. The fourth-order valence-corrected chi connectivity index (χ4v) is 2.20. The Morgan fingerprint density at radius 1 is 1.10 bits per heavy atom. The van der Waals surface area contributed by atoms with Crippen LogP contribution in [0, 0.1) is 0 Å². The molecule has 5 nitrogen and oxygen atoms in total. The summed E-state index contributed by atoms with van der Waals surface area (Å²) in [6.07, 6.45) is 0. The van der Waals surface area contributed by atoms with Gasteiger partial charge in [0.25, 0.3) is 5.56 Å². The van der Waals surface area contributed by atoms with Crippen LogP contribution in [0.15, 0.2) is 33.9 Å². The van der Waals surface area contributed by atoms with E-state index in [0.29, 0.717) is 18.5 Å². The summed E-state index contributed by atoms with van der Waals surface area (Å²) >= 11 is 0. The predicted octanol–water partition coefficient (Wildman–Crippen LogP) is -3.67. The number of nitrogens with zero attached hydrogens (tertiary/aromatic N) is 2. The zero-order chi connectivity index (χ0) is 14.0. The fourth-order valence-electron chi connectivity index (χ4n) is 2.20. The van der Waals surface area contributed by atoms with Crippen molar-refractivity contribution in [3.05, 3.63) is 45.1 Å². The highest BCUT2D eigenvalue weighted by Gasteiger charge is 2.11. The monoisotopic (exact) mass is 297 g/mol. The summed E-state index contributed by atoms with van der Waals surface area (Å²) < 4.78 is 3.00. The molecule has 1 aromatic carbocycles. The molecule has 0 atom stereocenters. The Balaban J connectivity index is 0.00000200. The van der Waals surface area contributed by atoms with Gasteiger partial charge in [0, 0.05) is 6.54 Å². The number of aromatic nitrogens is 2. The molecular weight excluding hydrogens is 278 g/mol. The molecule has 0 bridgehead atoms. The number of fused-ring (bicyclic) bond motifs is 1. The second kappa shape index (κ2) is 6.72. The van der Waals surface area contributed by atoms with Crippen molar-refractivity contribution in [1.29, 1.82) is 0 Å². The Labute approximate surface area is 123 Å². The van der Waals surface area contributed by atoms with Gasteiger partial charge < -0.3 is 17.3 Å². The van der Waals surface area contributed by atoms with E-state index in [4.69, 9.17) is 0 Å². The molecule has 0 amide bonds. The Morgan fingerprint density at radius 3 is 2.35 bits per heavy atom. The molecule has 0 spiro atoms. The van der Waals surface area contributed by atoms with E-state index in [2.05, 4.69) is 0 Å². The first-order valence-corrected chi connectivity index (χ1v) is 6.57. The largest absolute Gasteiger partial charge is 1.00 e. The van der Waals surface area contributed by atoms with Gasteiger partial charge in [0.15, 0.2) is 0 Å². The van der Waals surface area contributed by atoms with Crippen LogP contribution in [0.5, 0.6) is 0 Å². The molecule has 6 heteroatoms. The smallest absolute Gasteiger partial charge is 0.331 e. The van der Waals surface area contributed by atoms with Crippen molar-refractivity contribution in [1.82, 2.24) is 9.13 Å². The van der Waals surface area contributed by atoms with Crippen molar-refractivity contribution in [3.63, 3.8) is 0 Å². The second-order valence-electron chi connectivity index (χ2n) is 4.96. The number of likely N-dealkylation sites (N-methyl/N-ethyl adjacent to an activating group) is 1. The van der Waals surface area contributed by atoms with E-state index in [-0.39, 0.29) is 23.7 Å². The highest BCUT2D eigenvalue weighted by molar-refractivity contribution is 5.77. The van der Waals surface area contributed by atoms with E-state index < -0.39 is 0 Å². The summed E-state index contributed by atoms with van der Waals surface area (Å²) in [7, 11) is 4.09. The molecule has 0 aliphatic carbocycles. The molecule has 0 unspecified atom stereocenters. The van der Waals surface area contributed by atoms with Crippen LogP contribution in [-0.2, 0) is 13.1 Å². The van der Waals surface area contributed by atoms with Crippen molar-refractivity contribution < 1.29 is 17.3 Å². The number of hydrogen-bond acceptors (Lipinski definition) is 2. The van der Waals surface area contributed by atoms with Crippen LogP contribution in [0.4, 0.5) is 0 Å². The maximum Gasteiger partial charge on any atom is 0.331 e. The van der Waals surface area contributed by atoms with Crippen molar-refractivity contribution in [3.8, 4) is 0 Å². The third kappa shape index (κ3) is 2.94. The van der Waals surface area contributed by atoms with Crippen LogP contribution in [0.2, 0.25) is 0 Å². The quantitative estimate of drug-likeness (QED) is 0.632.